The van der Waals surface area contributed by atoms with Crippen molar-refractivity contribution in [3.63, 3.8) is 0 Å². The van der Waals surface area contributed by atoms with Gasteiger partial charge in [0.05, 0.1) is 0 Å². The van der Waals surface area contributed by atoms with Gasteiger partial charge in [0.15, 0.2) is 0 Å². The molecule has 0 bridgehead atoms. The highest BCUT2D eigenvalue weighted by Gasteiger charge is 2.31. The summed E-state index contributed by atoms with van der Waals surface area (Å²) in [5, 5.41) is 7.91. The Bertz CT molecular complexity index is 311. The lowest BCUT2D eigenvalue weighted by Gasteiger charge is -2.18. The van der Waals surface area contributed by atoms with Gasteiger partial charge in [0, 0.05) is 12.6 Å². The van der Waals surface area contributed by atoms with E-state index >= 15 is 0 Å². The molecule has 1 aliphatic carbocycles. The van der Waals surface area contributed by atoms with Crippen molar-refractivity contribution in [3.05, 3.63) is 5.89 Å². The van der Waals surface area contributed by atoms with Crippen LogP contribution in [0.5, 0.6) is 0 Å². The number of aromatic nitrogens is 2. The Balaban J connectivity index is 2.02. The predicted octanol–water partition coefficient (Wildman–Crippen LogP) is 2.58. The van der Waals surface area contributed by atoms with E-state index in [1.165, 1.54) is 19.3 Å². The van der Waals surface area contributed by atoms with Crippen LogP contribution >= 0.6 is 11.6 Å². The van der Waals surface area contributed by atoms with Crippen LogP contribution in [0.3, 0.4) is 0 Å². The molecule has 1 heterocycles. The first-order valence-electron chi connectivity index (χ1n) is 5.50. The van der Waals surface area contributed by atoms with Gasteiger partial charge < -0.3 is 9.32 Å². The second kappa shape index (κ2) is 4.84. The monoisotopic (exact) mass is 229 g/mol. The summed E-state index contributed by atoms with van der Waals surface area (Å²) in [4.78, 5) is 2.21. The lowest BCUT2D eigenvalue weighted by molar-refractivity contribution is 0.493. The molecule has 4 nitrogen and oxygen atoms in total. The van der Waals surface area contributed by atoms with Gasteiger partial charge in [-0.1, -0.05) is 18.4 Å². The molecule has 0 aliphatic heterocycles. The lowest BCUT2D eigenvalue weighted by atomic mass is 10.3. The first-order valence-corrected chi connectivity index (χ1v) is 6.03. The van der Waals surface area contributed by atoms with Gasteiger partial charge in [-0.3, -0.25) is 0 Å². The van der Waals surface area contributed by atoms with Crippen molar-refractivity contribution < 1.29 is 4.42 Å². The summed E-state index contributed by atoms with van der Waals surface area (Å²) in [6.45, 7) is 3.19. The van der Waals surface area contributed by atoms with Crippen LogP contribution in [0, 0.1) is 0 Å². The fourth-order valence-corrected chi connectivity index (χ4v) is 1.67. The zero-order valence-corrected chi connectivity index (χ0v) is 9.70. The third-order valence-electron chi connectivity index (χ3n) is 2.56. The standard InChI is InChI=1S/C10H16ClN3O/c1-2-3-6-14(8-4-5-8)10-13-12-9(7-11)15-10/h8H,2-7H2,1H3. The molecule has 1 saturated carbocycles. The Labute approximate surface area is 94.6 Å². The Morgan fingerprint density at radius 2 is 2.27 bits per heavy atom. The van der Waals surface area contributed by atoms with Crippen LogP contribution in [-0.4, -0.2) is 22.8 Å². The number of anilines is 1. The summed E-state index contributed by atoms with van der Waals surface area (Å²) in [5.41, 5.74) is 0. The summed E-state index contributed by atoms with van der Waals surface area (Å²) in [6.07, 6.45) is 4.82. The van der Waals surface area contributed by atoms with Crippen molar-refractivity contribution in [2.45, 2.75) is 44.5 Å². The first kappa shape index (κ1) is 10.7. The van der Waals surface area contributed by atoms with E-state index < -0.39 is 0 Å². The van der Waals surface area contributed by atoms with Crippen LogP contribution < -0.4 is 4.90 Å². The van der Waals surface area contributed by atoms with Crippen molar-refractivity contribution in [1.82, 2.24) is 10.2 Å². The molecule has 15 heavy (non-hydrogen) atoms. The lowest BCUT2D eigenvalue weighted by Crippen LogP contribution is -2.27. The summed E-state index contributed by atoms with van der Waals surface area (Å²) in [7, 11) is 0. The van der Waals surface area contributed by atoms with Gasteiger partial charge in [0.1, 0.15) is 5.88 Å². The normalized spacial score (nSPS) is 15.6. The van der Waals surface area contributed by atoms with Crippen molar-refractivity contribution in [3.8, 4) is 0 Å². The SMILES string of the molecule is CCCCN(c1nnc(CCl)o1)C1CC1. The number of rotatable bonds is 6. The molecule has 5 heteroatoms. The molecule has 1 aromatic rings. The molecule has 0 spiro atoms. The average Bonchev–Trinajstić information content (AvgIpc) is 2.97. The smallest absolute Gasteiger partial charge is 0.318 e. The van der Waals surface area contributed by atoms with Crippen molar-refractivity contribution in [2.24, 2.45) is 0 Å². The molecule has 0 N–H and O–H groups in total. The van der Waals surface area contributed by atoms with E-state index in [0.717, 1.165) is 13.0 Å². The van der Waals surface area contributed by atoms with Gasteiger partial charge in [-0.15, -0.1) is 16.7 Å². The maximum absolute atomic E-state index is 5.63. The van der Waals surface area contributed by atoms with Crippen LogP contribution in [-0.2, 0) is 5.88 Å². The van der Waals surface area contributed by atoms with Crippen molar-refractivity contribution in [1.29, 1.82) is 0 Å². The number of nitrogens with zero attached hydrogens (tertiary/aromatic N) is 3. The molecule has 0 saturated heterocycles. The van der Waals surface area contributed by atoms with Crippen LogP contribution in [0.2, 0.25) is 0 Å². The van der Waals surface area contributed by atoms with Crippen LogP contribution in [0.4, 0.5) is 6.01 Å². The number of hydrogen-bond acceptors (Lipinski definition) is 4. The van der Waals surface area contributed by atoms with Crippen molar-refractivity contribution in [2.75, 3.05) is 11.4 Å². The molecule has 1 fully saturated rings. The highest BCUT2D eigenvalue weighted by molar-refractivity contribution is 6.16. The fourth-order valence-electron chi connectivity index (χ4n) is 1.56. The zero-order chi connectivity index (χ0) is 10.7. The maximum Gasteiger partial charge on any atom is 0.318 e. The molecule has 84 valence electrons. The van der Waals surface area contributed by atoms with Gasteiger partial charge in [-0.05, 0) is 19.3 Å². The highest BCUT2D eigenvalue weighted by atomic mass is 35.5. The third kappa shape index (κ3) is 2.62. The summed E-state index contributed by atoms with van der Waals surface area (Å²) >= 11 is 5.63. The minimum absolute atomic E-state index is 0.291. The molecule has 2 rings (SSSR count). The van der Waals surface area contributed by atoms with Gasteiger partial charge in [0.2, 0.25) is 5.89 Å². The fraction of sp³-hybridized carbons (Fsp3) is 0.800. The van der Waals surface area contributed by atoms with Crippen LogP contribution in [0.25, 0.3) is 0 Å². The molecule has 1 aliphatic rings. The Morgan fingerprint density at radius 3 is 2.80 bits per heavy atom. The number of alkyl halides is 1. The van der Waals surface area contributed by atoms with E-state index in [1.807, 2.05) is 0 Å². The second-order valence-corrected chi connectivity index (χ2v) is 4.16. The molecule has 0 atom stereocenters. The van der Waals surface area contributed by atoms with Crippen LogP contribution in [0.15, 0.2) is 4.42 Å². The minimum atomic E-state index is 0.291. The van der Waals surface area contributed by atoms with Gasteiger partial charge in [-0.25, -0.2) is 0 Å². The Morgan fingerprint density at radius 1 is 1.47 bits per heavy atom. The van der Waals surface area contributed by atoms with E-state index in [4.69, 9.17) is 16.0 Å². The van der Waals surface area contributed by atoms with E-state index in [2.05, 4.69) is 22.0 Å². The molecule has 0 amide bonds. The molecule has 0 aromatic carbocycles. The summed E-state index contributed by atoms with van der Waals surface area (Å²) in [5.74, 6) is 0.799. The Kier molecular flexibility index (Phi) is 3.46. The third-order valence-corrected chi connectivity index (χ3v) is 2.79. The summed E-state index contributed by atoms with van der Waals surface area (Å²) < 4.78 is 5.47. The topological polar surface area (TPSA) is 42.2 Å². The van der Waals surface area contributed by atoms with Crippen LogP contribution in [0.1, 0.15) is 38.5 Å². The highest BCUT2D eigenvalue weighted by Crippen LogP contribution is 2.31. The van der Waals surface area contributed by atoms with E-state index in [1.54, 1.807) is 0 Å². The maximum atomic E-state index is 5.63. The zero-order valence-electron chi connectivity index (χ0n) is 8.95. The molecule has 0 unspecified atom stereocenters. The Hall–Kier alpha value is -0.770. The summed E-state index contributed by atoms with van der Waals surface area (Å²) in [6, 6.07) is 1.25. The average molecular weight is 230 g/mol. The van der Waals surface area contributed by atoms with Gasteiger partial charge >= 0.3 is 6.01 Å². The largest absolute Gasteiger partial charge is 0.407 e. The molecular formula is C10H16ClN3O. The van der Waals surface area contributed by atoms with E-state index in [9.17, 15) is 0 Å². The minimum Gasteiger partial charge on any atom is -0.407 e. The first-order chi connectivity index (χ1) is 7.35. The second-order valence-electron chi connectivity index (χ2n) is 3.89. The molecular weight excluding hydrogens is 214 g/mol. The number of halogens is 1. The predicted molar refractivity (Wildman–Crippen MR) is 59.1 cm³/mol. The van der Waals surface area contributed by atoms with Gasteiger partial charge in [-0.2, -0.15) is 0 Å². The van der Waals surface area contributed by atoms with Crippen molar-refractivity contribution >= 4 is 17.6 Å². The number of hydrogen-bond donors (Lipinski definition) is 0. The van der Waals surface area contributed by atoms with E-state index in [-0.39, 0.29) is 0 Å². The van der Waals surface area contributed by atoms with E-state index in [0.29, 0.717) is 23.8 Å². The quantitative estimate of drug-likeness (QED) is 0.704. The molecule has 0 radical (unpaired) electrons. The van der Waals surface area contributed by atoms with Gasteiger partial charge in [0.25, 0.3) is 0 Å². The number of unbranched alkanes of at least 4 members (excludes halogenated alkanes) is 1. The molecule has 1 aromatic heterocycles.